The molecule has 0 fully saturated rings. The Bertz CT molecular complexity index is 636. The van der Waals surface area contributed by atoms with Crippen molar-refractivity contribution in [2.75, 3.05) is 12.4 Å². The van der Waals surface area contributed by atoms with Gasteiger partial charge in [0.2, 0.25) is 5.91 Å². The van der Waals surface area contributed by atoms with Crippen LogP contribution in [0.3, 0.4) is 0 Å². The van der Waals surface area contributed by atoms with Crippen LogP contribution >= 0.6 is 15.9 Å². The minimum Gasteiger partial charge on any atom is -0.497 e. The van der Waals surface area contributed by atoms with Crippen LogP contribution in [0.2, 0.25) is 0 Å². The largest absolute Gasteiger partial charge is 0.497 e. The Labute approximate surface area is 131 Å². The molecule has 4 nitrogen and oxygen atoms in total. The second-order valence-corrected chi connectivity index (χ2v) is 5.30. The smallest absolute Gasteiger partial charge is 0.232 e. The van der Waals surface area contributed by atoms with E-state index < -0.39 is 0 Å². The van der Waals surface area contributed by atoms with Crippen molar-refractivity contribution >= 4 is 33.3 Å². The summed E-state index contributed by atoms with van der Waals surface area (Å²) in [5.74, 6) is 0.153. The Morgan fingerprint density at radius 3 is 2.24 bits per heavy atom. The van der Waals surface area contributed by atoms with Gasteiger partial charge < -0.3 is 10.1 Å². The highest BCUT2D eigenvalue weighted by molar-refractivity contribution is 9.10. The van der Waals surface area contributed by atoms with E-state index in [1.807, 2.05) is 0 Å². The van der Waals surface area contributed by atoms with E-state index in [1.54, 1.807) is 55.6 Å². The predicted molar refractivity (Wildman–Crippen MR) is 84.7 cm³/mol. The SMILES string of the molecule is COc1ccc(NC(=O)CC(=O)c2ccc(Br)cc2)cc1. The zero-order valence-electron chi connectivity index (χ0n) is 11.4. The number of ether oxygens (including phenoxy) is 1. The topological polar surface area (TPSA) is 55.4 Å². The third-order valence-corrected chi connectivity index (χ3v) is 3.39. The van der Waals surface area contributed by atoms with E-state index in [-0.39, 0.29) is 18.1 Å². The molecule has 0 bridgehead atoms. The number of amides is 1. The number of halogens is 1. The van der Waals surface area contributed by atoms with Crippen LogP contribution in [-0.2, 0) is 4.79 Å². The summed E-state index contributed by atoms with van der Waals surface area (Å²) in [5, 5.41) is 2.68. The van der Waals surface area contributed by atoms with Crippen LogP contribution in [0.4, 0.5) is 5.69 Å². The van der Waals surface area contributed by atoms with Crippen molar-refractivity contribution in [3.63, 3.8) is 0 Å². The molecule has 0 saturated heterocycles. The molecule has 0 radical (unpaired) electrons. The molecule has 0 atom stereocenters. The van der Waals surface area contributed by atoms with Gasteiger partial charge in [-0.25, -0.2) is 0 Å². The molecule has 0 heterocycles. The summed E-state index contributed by atoms with van der Waals surface area (Å²) in [6, 6.07) is 13.9. The number of carbonyl (C=O) groups is 2. The number of methoxy groups -OCH3 is 1. The molecule has 2 rings (SSSR count). The first-order valence-electron chi connectivity index (χ1n) is 6.31. The third kappa shape index (κ3) is 4.43. The minimum atomic E-state index is -0.340. The Balaban J connectivity index is 1.94. The summed E-state index contributed by atoms with van der Waals surface area (Å²) < 4.78 is 5.93. The number of carbonyl (C=O) groups excluding carboxylic acids is 2. The predicted octanol–water partition coefficient (Wildman–Crippen LogP) is 3.67. The first-order valence-corrected chi connectivity index (χ1v) is 7.10. The molecule has 2 aromatic rings. The molecule has 0 aliphatic carbocycles. The molecule has 108 valence electrons. The van der Waals surface area contributed by atoms with E-state index in [0.29, 0.717) is 17.0 Å². The summed E-state index contributed by atoms with van der Waals surface area (Å²) in [7, 11) is 1.57. The lowest BCUT2D eigenvalue weighted by Crippen LogP contribution is -2.16. The van der Waals surface area contributed by atoms with E-state index in [1.165, 1.54) is 0 Å². The number of hydrogen-bond acceptors (Lipinski definition) is 3. The van der Waals surface area contributed by atoms with Gasteiger partial charge in [0.25, 0.3) is 0 Å². The van der Waals surface area contributed by atoms with Gasteiger partial charge >= 0.3 is 0 Å². The van der Waals surface area contributed by atoms with Gasteiger partial charge in [0.05, 0.1) is 13.5 Å². The molecular formula is C16H14BrNO3. The molecule has 5 heteroatoms. The highest BCUT2D eigenvalue weighted by Crippen LogP contribution is 2.16. The average Bonchev–Trinajstić information content (AvgIpc) is 2.48. The number of benzene rings is 2. The maximum Gasteiger partial charge on any atom is 0.232 e. The second-order valence-electron chi connectivity index (χ2n) is 4.38. The first-order chi connectivity index (χ1) is 10.1. The number of ketones is 1. The quantitative estimate of drug-likeness (QED) is 0.663. The van der Waals surface area contributed by atoms with Crippen LogP contribution in [0.25, 0.3) is 0 Å². The lowest BCUT2D eigenvalue weighted by Gasteiger charge is -2.06. The molecule has 0 unspecified atom stereocenters. The Morgan fingerprint density at radius 2 is 1.67 bits per heavy atom. The zero-order chi connectivity index (χ0) is 15.2. The van der Waals surface area contributed by atoms with Crippen LogP contribution in [0.5, 0.6) is 5.75 Å². The number of hydrogen-bond donors (Lipinski definition) is 1. The molecule has 1 N–H and O–H groups in total. The molecule has 0 saturated carbocycles. The average molecular weight is 348 g/mol. The zero-order valence-corrected chi connectivity index (χ0v) is 13.0. The van der Waals surface area contributed by atoms with Crippen LogP contribution in [-0.4, -0.2) is 18.8 Å². The Morgan fingerprint density at radius 1 is 1.05 bits per heavy atom. The van der Waals surface area contributed by atoms with E-state index in [0.717, 1.165) is 4.47 Å². The summed E-state index contributed by atoms with van der Waals surface area (Å²) >= 11 is 3.30. The number of Topliss-reactive ketones (excluding diaryl/α,β-unsaturated/α-hetero) is 1. The summed E-state index contributed by atoms with van der Waals surface area (Å²) in [6.45, 7) is 0. The van der Waals surface area contributed by atoms with Crippen LogP contribution in [0.15, 0.2) is 53.0 Å². The summed E-state index contributed by atoms with van der Waals surface area (Å²) in [6.07, 6.45) is -0.187. The van der Waals surface area contributed by atoms with Crippen molar-refractivity contribution in [1.29, 1.82) is 0 Å². The highest BCUT2D eigenvalue weighted by atomic mass is 79.9. The normalized spacial score (nSPS) is 10.0. The van der Waals surface area contributed by atoms with Crippen LogP contribution < -0.4 is 10.1 Å². The lowest BCUT2D eigenvalue weighted by molar-refractivity contribution is -0.115. The van der Waals surface area contributed by atoms with Crippen molar-refractivity contribution in [1.82, 2.24) is 0 Å². The second kappa shape index (κ2) is 7.04. The summed E-state index contributed by atoms with van der Waals surface area (Å²) in [5.41, 5.74) is 1.15. The van der Waals surface area contributed by atoms with E-state index in [2.05, 4.69) is 21.2 Å². The molecule has 0 aliphatic rings. The fourth-order valence-electron chi connectivity index (χ4n) is 1.76. The standard InChI is InChI=1S/C16H14BrNO3/c1-21-14-8-6-13(7-9-14)18-16(20)10-15(19)11-2-4-12(17)5-3-11/h2-9H,10H2,1H3,(H,18,20). The van der Waals surface area contributed by atoms with Gasteiger partial charge in [-0.05, 0) is 36.4 Å². The van der Waals surface area contributed by atoms with Crippen molar-refractivity contribution < 1.29 is 14.3 Å². The van der Waals surface area contributed by atoms with Crippen molar-refractivity contribution in [2.45, 2.75) is 6.42 Å². The van der Waals surface area contributed by atoms with Gasteiger partial charge in [0.15, 0.2) is 5.78 Å². The molecule has 2 aromatic carbocycles. The lowest BCUT2D eigenvalue weighted by atomic mass is 10.1. The van der Waals surface area contributed by atoms with Crippen LogP contribution in [0, 0.1) is 0 Å². The van der Waals surface area contributed by atoms with E-state index >= 15 is 0 Å². The van der Waals surface area contributed by atoms with Crippen molar-refractivity contribution in [3.8, 4) is 5.75 Å². The first kappa shape index (κ1) is 15.3. The van der Waals surface area contributed by atoms with E-state index in [4.69, 9.17) is 4.74 Å². The molecular weight excluding hydrogens is 334 g/mol. The molecule has 1 amide bonds. The van der Waals surface area contributed by atoms with Crippen molar-refractivity contribution in [2.24, 2.45) is 0 Å². The fraction of sp³-hybridized carbons (Fsp3) is 0.125. The minimum absolute atomic E-state index is 0.187. The molecule has 0 spiro atoms. The number of anilines is 1. The van der Waals surface area contributed by atoms with Gasteiger partial charge in [-0.3, -0.25) is 9.59 Å². The highest BCUT2D eigenvalue weighted by Gasteiger charge is 2.12. The maximum absolute atomic E-state index is 12.0. The summed E-state index contributed by atoms with van der Waals surface area (Å²) in [4.78, 5) is 23.8. The fourth-order valence-corrected chi connectivity index (χ4v) is 2.03. The van der Waals surface area contributed by atoms with Gasteiger partial charge in [-0.2, -0.15) is 0 Å². The molecule has 0 aromatic heterocycles. The molecule has 21 heavy (non-hydrogen) atoms. The molecule has 0 aliphatic heterocycles. The Kier molecular flexibility index (Phi) is 5.11. The Hall–Kier alpha value is -2.14. The maximum atomic E-state index is 12.0. The number of rotatable bonds is 5. The van der Waals surface area contributed by atoms with Gasteiger partial charge in [-0.1, -0.05) is 28.1 Å². The monoisotopic (exact) mass is 347 g/mol. The van der Waals surface area contributed by atoms with E-state index in [9.17, 15) is 9.59 Å². The van der Waals surface area contributed by atoms with Gasteiger partial charge in [-0.15, -0.1) is 0 Å². The third-order valence-electron chi connectivity index (χ3n) is 2.86. The van der Waals surface area contributed by atoms with Crippen LogP contribution in [0.1, 0.15) is 16.8 Å². The van der Waals surface area contributed by atoms with Crippen molar-refractivity contribution in [3.05, 3.63) is 58.6 Å². The van der Waals surface area contributed by atoms with Gasteiger partial charge in [0.1, 0.15) is 5.75 Å². The van der Waals surface area contributed by atoms with Gasteiger partial charge in [0, 0.05) is 15.7 Å². The number of nitrogens with one attached hydrogen (secondary N) is 1.